The molecule has 7 nitrogen and oxygen atoms in total. The zero-order valence-electron chi connectivity index (χ0n) is 24.2. The van der Waals surface area contributed by atoms with Crippen LogP contribution in [0.3, 0.4) is 0 Å². The molecule has 0 spiro atoms. The van der Waals surface area contributed by atoms with Crippen LogP contribution in [0, 0.1) is 19.8 Å². The highest BCUT2D eigenvalue weighted by Gasteiger charge is 2.48. The van der Waals surface area contributed by atoms with Crippen molar-refractivity contribution >= 4 is 29.7 Å². The lowest BCUT2D eigenvalue weighted by Crippen LogP contribution is -2.54. The van der Waals surface area contributed by atoms with Gasteiger partial charge in [0, 0.05) is 12.6 Å². The molecule has 0 aromatic heterocycles. The molecule has 39 heavy (non-hydrogen) atoms. The van der Waals surface area contributed by atoms with Crippen LogP contribution < -0.4 is 10.6 Å². The molecule has 3 amide bonds. The van der Waals surface area contributed by atoms with Crippen LogP contribution in [-0.4, -0.2) is 52.5 Å². The number of amides is 3. The predicted molar refractivity (Wildman–Crippen MR) is 158 cm³/mol. The Morgan fingerprint density at radius 1 is 1.05 bits per heavy atom. The highest BCUT2D eigenvalue weighted by Crippen LogP contribution is 2.42. The molecule has 2 aromatic carbocycles. The van der Waals surface area contributed by atoms with E-state index < -0.39 is 23.8 Å². The maximum Gasteiger partial charge on any atom is 0.408 e. The second-order valence-corrected chi connectivity index (χ2v) is 12.4. The number of hydrogen-bond donors (Lipinski definition) is 2. The number of nitrogens with zero attached hydrogens (tertiary/aromatic N) is 1. The molecular formula is C31H43N3O4S. The molecule has 0 aliphatic heterocycles. The first-order valence-electron chi connectivity index (χ1n) is 13.6. The summed E-state index contributed by atoms with van der Waals surface area (Å²) in [7, 11) is 0. The number of benzene rings is 2. The van der Waals surface area contributed by atoms with Crippen LogP contribution in [0.1, 0.15) is 68.8 Å². The second kappa shape index (κ2) is 13.4. The Balaban J connectivity index is 2.01. The number of rotatable bonds is 11. The molecule has 3 rings (SSSR count). The molecule has 2 aromatic rings. The molecule has 1 aliphatic rings. The number of ether oxygens (including phenoxy) is 1. The highest BCUT2D eigenvalue weighted by molar-refractivity contribution is 7.98. The fraction of sp³-hybridized carbons (Fsp3) is 0.516. The van der Waals surface area contributed by atoms with Crippen LogP contribution >= 0.6 is 11.8 Å². The normalized spacial score (nSPS) is 18.0. The third kappa shape index (κ3) is 8.49. The van der Waals surface area contributed by atoms with E-state index in [0.29, 0.717) is 18.7 Å². The molecule has 4 unspecified atom stereocenters. The molecular weight excluding hydrogens is 510 g/mol. The van der Waals surface area contributed by atoms with Gasteiger partial charge in [0.1, 0.15) is 17.7 Å². The monoisotopic (exact) mass is 553 g/mol. The molecule has 1 fully saturated rings. The van der Waals surface area contributed by atoms with E-state index in [0.717, 1.165) is 28.7 Å². The maximum atomic E-state index is 14.4. The topological polar surface area (TPSA) is 87.7 Å². The van der Waals surface area contributed by atoms with Crippen LogP contribution in [0.15, 0.2) is 48.5 Å². The fourth-order valence-electron chi connectivity index (χ4n) is 4.83. The minimum absolute atomic E-state index is 0.0961. The number of thioether (sulfide) groups is 1. The minimum atomic E-state index is -0.824. The van der Waals surface area contributed by atoms with E-state index in [1.54, 1.807) is 37.4 Å². The molecule has 4 atom stereocenters. The molecule has 0 saturated heterocycles. The van der Waals surface area contributed by atoms with Crippen molar-refractivity contribution in [2.75, 3.05) is 12.0 Å². The predicted octanol–water partition coefficient (Wildman–Crippen LogP) is 5.54. The number of nitrogens with one attached hydrogen (secondary N) is 2. The zero-order valence-corrected chi connectivity index (χ0v) is 25.1. The number of carbonyl (C=O) groups excluding carboxylic acids is 3. The summed E-state index contributed by atoms with van der Waals surface area (Å²) in [6.45, 7) is 11.8. The van der Waals surface area contributed by atoms with Crippen molar-refractivity contribution in [3.05, 3.63) is 70.8 Å². The summed E-state index contributed by atoms with van der Waals surface area (Å²) in [5.41, 5.74) is 3.01. The van der Waals surface area contributed by atoms with Crippen molar-refractivity contribution in [2.24, 2.45) is 5.92 Å². The van der Waals surface area contributed by atoms with Gasteiger partial charge < -0.3 is 20.3 Å². The lowest BCUT2D eigenvalue weighted by Gasteiger charge is -2.36. The smallest absolute Gasteiger partial charge is 0.408 e. The Hall–Kier alpha value is -3.00. The van der Waals surface area contributed by atoms with Gasteiger partial charge in [-0.15, -0.1) is 0 Å². The van der Waals surface area contributed by atoms with Crippen molar-refractivity contribution in [2.45, 2.75) is 84.7 Å². The summed E-state index contributed by atoms with van der Waals surface area (Å²) in [4.78, 5) is 42.9. The maximum absolute atomic E-state index is 14.4. The molecule has 0 bridgehead atoms. The molecule has 0 heterocycles. The first kappa shape index (κ1) is 30.5. The van der Waals surface area contributed by atoms with Crippen molar-refractivity contribution in [3.63, 3.8) is 0 Å². The number of hydrogen-bond acceptors (Lipinski definition) is 5. The summed E-state index contributed by atoms with van der Waals surface area (Å²) in [5, 5.41) is 5.91. The van der Waals surface area contributed by atoms with Gasteiger partial charge in [-0.05, 0) is 87.6 Å². The summed E-state index contributed by atoms with van der Waals surface area (Å²) in [5.74, 6) is 0.441. The molecule has 8 heteroatoms. The fourth-order valence-corrected chi connectivity index (χ4v) is 5.30. The summed E-state index contributed by atoms with van der Waals surface area (Å²) >= 11 is 1.60. The van der Waals surface area contributed by atoms with Crippen LogP contribution in [0.25, 0.3) is 0 Å². The van der Waals surface area contributed by atoms with Gasteiger partial charge in [-0.3, -0.25) is 9.59 Å². The first-order valence-corrected chi connectivity index (χ1v) is 15.0. The average molecular weight is 554 g/mol. The zero-order chi connectivity index (χ0) is 28.7. The number of carbonyl (C=O) groups is 3. The van der Waals surface area contributed by atoms with Gasteiger partial charge in [0.25, 0.3) is 0 Å². The van der Waals surface area contributed by atoms with Crippen LogP contribution in [0.2, 0.25) is 0 Å². The molecule has 2 N–H and O–H groups in total. The molecule has 1 aliphatic carbocycles. The van der Waals surface area contributed by atoms with E-state index in [1.807, 2.05) is 68.6 Å². The largest absolute Gasteiger partial charge is 0.444 e. The summed E-state index contributed by atoms with van der Waals surface area (Å²) in [6.07, 6.45) is 2.57. The molecule has 1 saturated carbocycles. The van der Waals surface area contributed by atoms with Crippen LogP contribution in [0.4, 0.5) is 4.79 Å². The Kier molecular flexibility index (Phi) is 10.5. The standard InChI is InChI=1S/C31H43N3O4S/c1-20-12-11-13-21(2)26(20)27(28(35)32-19-23-14-9-8-10-15-23)34(25-18-22(25)3)29(36)24(16-17-39-7)33-30(37)38-31(4,5)6/h8-15,22,24-25,27H,16-19H2,1-7H3,(H,32,35)(H,33,37). The van der Waals surface area contributed by atoms with Gasteiger partial charge in [0.2, 0.25) is 11.8 Å². The minimum Gasteiger partial charge on any atom is -0.444 e. The van der Waals surface area contributed by atoms with Crippen molar-refractivity contribution in [3.8, 4) is 0 Å². The van der Waals surface area contributed by atoms with Crippen molar-refractivity contribution in [1.82, 2.24) is 15.5 Å². The van der Waals surface area contributed by atoms with Gasteiger partial charge in [-0.25, -0.2) is 4.79 Å². The average Bonchev–Trinajstić information content (AvgIpc) is 3.59. The van der Waals surface area contributed by atoms with Gasteiger partial charge in [0.15, 0.2) is 0 Å². The van der Waals surface area contributed by atoms with Gasteiger partial charge in [-0.2, -0.15) is 11.8 Å². The quantitative estimate of drug-likeness (QED) is 0.381. The molecule has 212 valence electrons. The Bertz CT molecular complexity index is 1130. The Labute approximate surface area is 237 Å². The van der Waals surface area contributed by atoms with Crippen LogP contribution in [0.5, 0.6) is 0 Å². The number of aryl methyl sites for hydroxylation is 2. The van der Waals surface area contributed by atoms with Crippen molar-refractivity contribution in [1.29, 1.82) is 0 Å². The lowest BCUT2D eigenvalue weighted by molar-refractivity contribution is -0.143. The van der Waals surface area contributed by atoms with E-state index in [1.165, 1.54) is 0 Å². The summed E-state index contributed by atoms with van der Waals surface area (Å²) < 4.78 is 5.49. The van der Waals surface area contributed by atoms with Gasteiger partial charge >= 0.3 is 6.09 Å². The van der Waals surface area contributed by atoms with E-state index in [9.17, 15) is 14.4 Å². The first-order chi connectivity index (χ1) is 18.4. The Morgan fingerprint density at radius 3 is 2.21 bits per heavy atom. The van der Waals surface area contributed by atoms with Crippen molar-refractivity contribution < 1.29 is 19.1 Å². The lowest BCUT2D eigenvalue weighted by atomic mass is 9.93. The van der Waals surface area contributed by atoms with E-state index in [2.05, 4.69) is 17.6 Å². The molecule has 0 radical (unpaired) electrons. The SMILES string of the molecule is CSCCC(NC(=O)OC(C)(C)C)C(=O)N(C(C(=O)NCc1ccccc1)c1c(C)cccc1C)C1CC1C. The number of alkyl carbamates (subject to hydrolysis) is 1. The summed E-state index contributed by atoms with van der Waals surface area (Å²) in [6, 6.07) is 13.9. The van der Waals surface area contributed by atoms with Gasteiger partial charge in [0.05, 0.1) is 0 Å². The highest BCUT2D eigenvalue weighted by atomic mass is 32.2. The van der Waals surface area contributed by atoms with Gasteiger partial charge in [-0.1, -0.05) is 55.5 Å². The van der Waals surface area contributed by atoms with Crippen LogP contribution in [-0.2, 0) is 20.9 Å². The third-order valence-electron chi connectivity index (χ3n) is 6.93. The van der Waals surface area contributed by atoms with E-state index in [4.69, 9.17) is 4.74 Å². The second-order valence-electron chi connectivity index (χ2n) is 11.4. The van der Waals surface area contributed by atoms with E-state index >= 15 is 0 Å². The third-order valence-corrected chi connectivity index (χ3v) is 7.57. The Morgan fingerprint density at radius 2 is 1.67 bits per heavy atom. The van der Waals surface area contributed by atoms with E-state index in [-0.39, 0.29) is 23.8 Å².